The van der Waals surface area contributed by atoms with Crippen molar-refractivity contribution in [2.75, 3.05) is 0 Å². The summed E-state index contributed by atoms with van der Waals surface area (Å²) in [5, 5.41) is 1.13. The Hall–Kier alpha value is -0.390. The lowest BCUT2D eigenvalue weighted by molar-refractivity contribution is 0.600. The Bertz CT molecular complexity index is 444. The minimum atomic E-state index is -3.50. The first-order valence-electron chi connectivity index (χ1n) is 3.16. The van der Waals surface area contributed by atoms with Gasteiger partial charge in [-0.05, 0) is 22.0 Å². The second kappa shape index (κ2) is 3.77. The molecule has 0 aliphatic carbocycles. The molecule has 1 rings (SSSR count). The molecule has 0 radical (unpaired) electrons. The van der Waals surface area contributed by atoms with Crippen LogP contribution in [0.5, 0.6) is 0 Å². The Morgan fingerprint density at radius 2 is 2.23 bits per heavy atom. The van der Waals surface area contributed by atoms with Gasteiger partial charge in [-0.15, -0.1) is 0 Å². The highest BCUT2D eigenvalue weighted by molar-refractivity contribution is 9.10. The van der Waals surface area contributed by atoms with Gasteiger partial charge in [-0.1, -0.05) is 18.2 Å². The maximum absolute atomic E-state index is 11.3. The highest BCUT2D eigenvalue weighted by Gasteiger charge is 2.15. The van der Waals surface area contributed by atoms with E-state index in [0.717, 1.165) is 5.41 Å². The first-order chi connectivity index (χ1) is 5.97. The molecule has 0 saturated carbocycles. The van der Waals surface area contributed by atoms with Crippen LogP contribution in [0.3, 0.4) is 0 Å². The number of pyridine rings is 1. The zero-order valence-corrected chi connectivity index (χ0v) is 9.53. The number of aromatic nitrogens is 1. The lowest BCUT2D eigenvalue weighted by atomic mass is 10.5. The molecule has 70 valence electrons. The second-order valence-electron chi connectivity index (χ2n) is 2.15. The number of nitrogens with zero attached hydrogens (tertiary/aromatic N) is 1. The zero-order chi connectivity index (χ0) is 10.1. The molecule has 0 aliphatic rings. The summed E-state index contributed by atoms with van der Waals surface area (Å²) < 4.78 is 22.9. The van der Waals surface area contributed by atoms with Crippen molar-refractivity contribution in [3.8, 4) is 0 Å². The van der Waals surface area contributed by atoms with Crippen LogP contribution in [-0.4, -0.2) is 13.4 Å². The Morgan fingerprint density at radius 1 is 1.62 bits per heavy atom. The van der Waals surface area contributed by atoms with Gasteiger partial charge in [0.05, 0.1) is 9.50 Å². The molecule has 0 saturated heterocycles. The first-order valence-corrected chi connectivity index (χ1v) is 5.87. The van der Waals surface area contributed by atoms with Gasteiger partial charge in [-0.25, -0.2) is 13.4 Å². The van der Waals surface area contributed by atoms with Crippen molar-refractivity contribution < 1.29 is 8.42 Å². The summed E-state index contributed by atoms with van der Waals surface area (Å²) in [7, 11) is -3.50. The molecule has 13 heavy (non-hydrogen) atoms. The summed E-state index contributed by atoms with van der Waals surface area (Å²) in [6.07, 6.45) is 1.27. The average Bonchev–Trinajstić information content (AvgIpc) is 2.03. The predicted octanol–water partition coefficient (Wildman–Crippen LogP) is 2.41. The number of hydrogen-bond donors (Lipinski definition) is 0. The van der Waals surface area contributed by atoms with Crippen molar-refractivity contribution in [3.63, 3.8) is 0 Å². The fraction of sp³-hybridized carbons (Fsp3) is 0. The van der Waals surface area contributed by atoms with E-state index in [9.17, 15) is 8.42 Å². The largest absolute Gasteiger partial charge is 0.242 e. The van der Waals surface area contributed by atoms with Gasteiger partial charge < -0.3 is 0 Å². The van der Waals surface area contributed by atoms with Gasteiger partial charge in [-0.2, -0.15) is 0 Å². The van der Waals surface area contributed by atoms with Gasteiger partial charge in [-0.3, -0.25) is 0 Å². The van der Waals surface area contributed by atoms with Gasteiger partial charge in [0.2, 0.25) is 9.84 Å². The maximum Gasteiger partial charge on any atom is 0.217 e. The summed E-state index contributed by atoms with van der Waals surface area (Å²) >= 11 is 8.65. The topological polar surface area (TPSA) is 47.0 Å². The Morgan fingerprint density at radius 3 is 2.69 bits per heavy atom. The molecule has 0 unspecified atom stereocenters. The molecule has 1 aromatic heterocycles. The van der Waals surface area contributed by atoms with E-state index in [0.29, 0.717) is 9.50 Å². The van der Waals surface area contributed by atoms with Crippen LogP contribution in [0.4, 0.5) is 0 Å². The highest BCUT2D eigenvalue weighted by Crippen LogP contribution is 2.23. The molecule has 0 N–H and O–H groups in total. The Balaban J connectivity index is 3.41. The Kier molecular flexibility index (Phi) is 3.10. The summed E-state index contributed by atoms with van der Waals surface area (Å²) in [6, 6.07) is 1.46. The van der Waals surface area contributed by atoms with Crippen LogP contribution in [-0.2, 0) is 9.84 Å². The van der Waals surface area contributed by atoms with E-state index < -0.39 is 9.84 Å². The molecular weight excluding hydrogens is 278 g/mol. The minimum absolute atomic E-state index is 0.0769. The van der Waals surface area contributed by atoms with Gasteiger partial charge in [0.15, 0.2) is 5.03 Å². The van der Waals surface area contributed by atoms with Crippen LogP contribution in [0, 0.1) is 0 Å². The molecule has 1 heterocycles. The van der Waals surface area contributed by atoms with Gasteiger partial charge in [0.25, 0.3) is 0 Å². The summed E-state index contributed by atoms with van der Waals surface area (Å²) in [5.41, 5.74) is 0. The monoisotopic (exact) mass is 281 g/mol. The third-order valence-electron chi connectivity index (χ3n) is 1.26. The molecule has 3 nitrogen and oxygen atoms in total. The molecule has 6 heteroatoms. The van der Waals surface area contributed by atoms with E-state index in [4.69, 9.17) is 11.6 Å². The lowest BCUT2D eigenvalue weighted by Gasteiger charge is -2.00. The van der Waals surface area contributed by atoms with Crippen LogP contribution < -0.4 is 0 Å². The fourth-order valence-electron chi connectivity index (χ4n) is 0.690. The lowest BCUT2D eigenvalue weighted by Crippen LogP contribution is -1.99. The minimum Gasteiger partial charge on any atom is -0.242 e. The van der Waals surface area contributed by atoms with Crippen molar-refractivity contribution in [1.29, 1.82) is 0 Å². The van der Waals surface area contributed by atoms with Crippen LogP contribution >= 0.6 is 27.5 Å². The summed E-state index contributed by atoms with van der Waals surface area (Å²) in [5.74, 6) is 0. The maximum atomic E-state index is 11.3. The smallest absolute Gasteiger partial charge is 0.217 e. The number of halogens is 2. The van der Waals surface area contributed by atoms with Gasteiger partial charge in [0.1, 0.15) is 0 Å². The first kappa shape index (κ1) is 10.7. The standard InChI is InChI=1S/C7H5BrClNO2S/c1-2-13(11,12)7-6(8)3-5(9)4-10-7/h2-4H,1H2. The number of sulfone groups is 1. The molecule has 0 aromatic carbocycles. The third kappa shape index (κ3) is 2.30. The molecule has 0 amide bonds. The molecule has 1 aromatic rings. The van der Waals surface area contributed by atoms with Crippen LogP contribution in [0.15, 0.2) is 33.7 Å². The normalized spacial score (nSPS) is 11.2. The van der Waals surface area contributed by atoms with Crippen molar-refractivity contribution in [3.05, 3.63) is 33.7 Å². The van der Waals surface area contributed by atoms with E-state index in [2.05, 4.69) is 27.5 Å². The summed E-state index contributed by atoms with van der Waals surface area (Å²) in [4.78, 5) is 3.68. The van der Waals surface area contributed by atoms with Crippen LogP contribution in [0.2, 0.25) is 5.02 Å². The van der Waals surface area contributed by atoms with Gasteiger partial charge in [0, 0.05) is 11.6 Å². The fourth-order valence-corrected chi connectivity index (χ4v) is 2.69. The van der Waals surface area contributed by atoms with Crippen molar-refractivity contribution in [2.45, 2.75) is 5.03 Å². The second-order valence-corrected chi connectivity index (χ2v) is 5.25. The van der Waals surface area contributed by atoms with Crippen molar-refractivity contribution >= 4 is 37.4 Å². The molecule has 0 fully saturated rings. The van der Waals surface area contributed by atoms with Crippen LogP contribution in [0.25, 0.3) is 0 Å². The van der Waals surface area contributed by atoms with E-state index in [-0.39, 0.29) is 5.03 Å². The van der Waals surface area contributed by atoms with E-state index in [1.807, 2.05) is 0 Å². The van der Waals surface area contributed by atoms with E-state index in [1.165, 1.54) is 12.3 Å². The number of rotatable bonds is 2. The quantitative estimate of drug-likeness (QED) is 0.837. The number of hydrogen-bond acceptors (Lipinski definition) is 3. The molecule has 0 bridgehead atoms. The molecule has 0 aliphatic heterocycles. The molecule has 0 spiro atoms. The van der Waals surface area contributed by atoms with E-state index >= 15 is 0 Å². The van der Waals surface area contributed by atoms with Gasteiger partial charge >= 0.3 is 0 Å². The zero-order valence-electron chi connectivity index (χ0n) is 6.37. The van der Waals surface area contributed by atoms with Crippen LogP contribution in [0.1, 0.15) is 0 Å². The Labute approximate surface area is 89.5 Å². The SMILES string of the molecule is C=CS(=O)(=O)c1ncc(Cl)cc1Br. The average molecular weight is 283 g/mol. The van der Waals surface area contributed by atoms with Crippen molar-refractivity contribution in [2.24, 2.45) is 0 Å². The predicted molar refractivity (Wildman–Crippen MR) is 54.3 cm³/mol. The van der Waals surface area contributed by atoms with E-state index in [1.54, 1.807) is 0 Å². The molecular formula is C7H5BrClNO2S. The third-order valence-corrected chi connectivity index (χ3v) is 3.64. The van der Waals surface area contributed by atoms with Crippen molar-refractivity contribution in [1.82, 2.24) is 4.98 Å². The molecule has 0 atom stereocenters. The highest BCUT2D eigenvalue weighted by atomic mass is 79.9. The summed E-state index contributed by atoms with van der Waals surface area (Å²) in [6.45, 7) is 3.19.